The zero-order valence-electron chi connectivity index (χ0n) is 23.9. The van der Waals surface area contributed by atoms with Crippen LogP contribution in [0.15, 0.2) is 82.0 Å². The Hall–Kier alpha value is -3.84. The number of benzene rings is 3. The van der Waals surface area contributed by atoms with Gasteiger partial charge in [0.1, 0.15) is 0 Å². The van der Waals surface area contributed by atoms with Crippen LogP contribution in [0.5, 0.6) is 0 Å². The van der Waals surface area contributed by atoms with E-state index in [-0.39, 0.29) is 5.97 Å². The van der Waals surface area contributed by atoms with Gasteiger partial charge in [-0.05, 0) is 55.2 Å². The molecule has 3 aromatic carbocycles. The van der Waals surface area contributed by atoms with Gasteiger partial charge in [0.15, 0.2) is 11.8 Å². The molecule has 1 aliphatic heterocycles. The molecule has 4 aromatic rings. The maximum Gasteiger partial charge on any atom is 0.423 e. The van der Waals surface area contributed by atoms with E-state index in [9.17, 15) is 9.59 Å². The van der Waals surface area contributed by atoms with Crippen LogP contribution in [-0.4, -0.2) is 41.6 Å². The van der Waals surface area contributed by atoms with Crippen molar-refractivity contribution < 1.29 is 13.9 Å². The molecule has 5 rings (SSSR count). The average Bonchev–Trinajstić information content (AvgIpc) is 3.32. The molecule has 1 aliphatic rings. The third-order valence-corrected chi connectivity index (χ3v) is 8.09. The Balaban J connectivity index is 1.30. The molecule has 7 heteroatoms. The third kappa shape index (κ3) is 5.70. The highest BCUT2D eigenvalue weighted by Gasteiger charge is 2.31. The first-order chi connectivity index (χ1) is 19.3. The monoisotopic (exact) mass is 541 g/mol. The van der Waals surface area contributed by atoms with E-state index in [0.717, 1.165) is 38.4 Å². The molecule has 0 aliphatic carbocycles. The smallest absolute Gasteiger partial charge is 0.423 e. The van der Waals surface area contributed by atoms with Crippen molar-refractivity contribution in [3.63, 3.8) is 0 Å². The number of carbonyl (C=O) groups excluding carboxylic acids is 1. The Morgan fingerprint density at radius 1 is 0.925 bits per heavy atom. The van der Waals surface area contributed by atoms with E-state index in [1.165, 1.54) is 21.3 Å². The van der Waals surface area contributed by atoms with Crippen LogP contribution in [0.1, 0.15) is 52.3 Å². The lowest BCUT2D eigenvalue weighted by molar-refractivity contribution is -0.165. The molecule has 1 aromatic heterocycles. The Morgan fingerprint density at radius 3 is 2.33 bits per heavy atom. The molecule has 0 bridgehead atoms. The second-order valence-electron chi connectivity index (χ2n) is 11.2. The van der Waals surface area contributed by atoms with E-state index in [4.69, 9.17) is 9.15 Å². The van der Waals surface area contributed by atoms with Gasteiger partial charge in [0.2, 0.25) is 0 Å². The van der Waals surface area contributed by atoms with Gasteiger partial charge in [-0.3, -0.25) is 9.69 Å². The summed E-state index contributed by atoms with van der Waals surface area (Å²) >= 11 is 0. The minimum Gasteiger partial charge on any atom is -0.441 e. The Morgan fingerprint density at radius 2 is 1.62 bits per heavy atom. The lowest BCUT2D eigenvalue weighted by atomic mass is 9.91. The normalized spacial score (nSPS) is 15.3. The molecule has 210 valence electrons. The summed E-state index contributed by atoms with van der Waals surface area (Å²) in [6, 6.07) is 25.0. The summed E-state index contributed by atoms with van der Waals surface area (Å²) in [4.78, 5) is 30.6. The average molecular weight is 542 g/mol. The molecule has 0 spiro atoms. The highest BCUT2D eigenvalue weighted by atomic mass is 16.6. The summed E-state index contributed by atoms with van der Waals surface area (Å²) in [7, 11) is 0. The summed E-state index contributed by atoms with van der Waals surface area (Å²) in [5.74, 6) is -0.821. The number of piperazine rings is 1. The molecule has 40 heavy (non-hydrogen) atoms. The molecule has 0 saturated carbocycles. The first-order valence-electron chi connectivity index (χ1n) is 14.3. The van der Waals surface area contributed by atoms with Crippen molar-refractivity contribution in [1.29, 1.82) is 0 Å². The second-order valence-corrected chi connectivity index (χ2v) is 11.2. The Bertz CT molecular complexity index is 1510. The van der Waals surface area contributed by atoms with Crippen molar-refractivity contribution >= 4 is 22.8 Å². The molecule has 0 radical (unpaired) electrons. The van der Waals surface area contributed by atoms with Crippen LogP contribution in [0, 0.1) is 5.41 Å². The fraction of sp³-hybridized carbons (Fsp3) is 0.394. The standard InChI is InChI=1S/C33H39N3O4/c1-5-29(39-31(37)33(3,4)6-2)36-28-17-11-16-27(30(28)40-32(36)38)35-20-18-34(19-21-35)23-24-12-10-15-26(22-24)25-13-8-7-9-14-25/h7-17,22,29H,5-6,18-21,23H2,1-4H3. The molecule has 1 saturated heterocycles. The molecular weight excluding hydrogens is 502 g/mol. The van der Waals surface area contributed by atoms with Crippen LogP contribution in [0.2, 0.25) is 0 Å². The number of rotatable bonds is 9. The predicted molar refractivity (Wildman–Crippen MR) is 159 cm³/mol. The number of oxazole rings is 1. The van der Waals surface area contributed by atoms with Gasteiger partial charge in [0.25, 0.3) is 0 Å². The van der Waals surface area contributed by atoms with Gasteiger partial charge in [-0.2, -0.15) is 0 Å². The largest absolute Gasteiger partial charge is 0.441 e. The number of nitrogens with zero attached hydrogens (tertiary/aromatic N) is 3. The summed E-state index contributed by atoms with van der Waals surface area (Å²) in [6.45, 7) is 11.9. The number of ether oxygens (including phenoxy) is 1. The number of para-hydroxylation sites is 1. The molecule has 0 amide bonds. The van der Waals surface area contributed by atoms with Gasteiger partial charge in [0.05, 0.1) is 16.6 Å². The van der Waals surface area contributed by atoms with E-state index in [2.05, 4.69) is 58.3 Å². The van der Waals surface area contributed by atoms with Crippen LogP contribution in [-0.2, 0) is 16.1 Å². The topological polar surface area (TPSA) is 67.9 Å². The van der Waals surface area contributed by atoms with Gasteiger partial charge >= 0.3 is 11.7 Å². The fourth-order valence-electron chi connectivity index (χ4n) is 5.19. The van der Waals surface area contributed by atoms with Crippen LogP contribution < -0.4 is 10.7 Å². The summed E-state index contributed by atoms with van der Waals surface area (Å²) in [6.07, 6.45) is 0.401. The second kappa shape index (κ2) is 11.7. The van der Waals surface area contributed by atoms with Crippen molar-refractivity contribution in [3.8, 4) is 11.1 Å². The van der Waals surface area contributed by atoms with Gasteiger partial charge in [0, 0.05) is 39.1 Å². The summed E-state index contributed by atoms with van der Waals surface area (Å²) < 4.78 is 13.1. The van der Waals surface area contributed by atoms with E-state index >= 15 is 0 Å². The fourth-order valence-corrected chi connectivity index (χ4v) is 5.19. The third-order valence-electron chi connectivity index (χ3n) is 8.09. The van der Waals surface area contributed by atoms with Crippen molar-refractivity contribution in [2.75, 3.05) is 31.1 Å². The molecule has 2 heterocycles. The maximum atomic E-state index is 13.0. The maximum absolute atomic E-state index is 13.0. The number of carbonyl (C=O) groups is 1. The zero-order valence-corrected chi connectivity index (χ0v) is 23.9. The van der Waals surface area contributed by atoms with Crippen LogP contribution in [0.3, 0.4) is 0 Å². The molecule has 7 nitrogen and oxygen atoms in total. The van der Waals surface area contributed by atoms with Crippen molar-refractivity contribution in [3.05, 3.63) is 88.9 Å². The Kier molecular flexibility index (Phi) is 8.12. The van der Waals surface area contributed by atoms with Crippen molar-refractivity contribution in [2.45, 2.75) is 53.3 Å². The summed E-state index contributed by atoms with van der Waals surface area (Å²) in [5.41, 5.74) is 5.23. The number of aromatic nitrogens is 1. The van der Waals surface area contributed by atoms with Gasteiger partial charge < -0.3 is 14.1 Å². The van der Waals surface area contributed by atoms with Crippen LogP contribution in [0.25, 0.3) is 22.2 Å². The number of hydrogen-bond acceptors (Lipinski definition) is 6. The van der Waals surface area contributed by atoms with Crippen molar-refractivity contribution in [1.82, 2.24) is 9.47 Å². The minimum absolute atomic E-state index is 0.315. The van der Waals surface area contributed by atoms with Gasteiger partial charge in [-0.25, -0.2) is 9.36 Å². The lowest BCUT2D eigenvalue weighted by Gasteiger charge is -2.36. The highest BCUT2D eigenvalue weighted by molar-refractivity contribution is 5.87. The zero-order chi connectivity index (χ0) is 28.3. The molecule has 1 atom stereocenters. The molecular formula is C33H39N3O4. The molecule has 0 N–H and O–H groups in total. The first-order valence-corrected chi connectivity index (χ1v) is 14.3. The Labute approximate surface area is 236 Å². The molecule has 1 unspecified atom stereocenters. The SMILES string of the molecule is CCC(OC(=O)C(C)(C)CC)n1c(=O)oc2c(N3CCN(Cc4cccc(-c5ccccc5)c4)CC3)cccc21. The van der Waals surface area contributed by atoms with Gasteiger partial charge in [-0.1, -0.05) is 68.4 Å². The number of anilines is 1. The highest BCUT2D eigenvalue weighted by Crippen LogP contribution is 2.31. The first kappa shape index (κ1) is 27.7. The quantitative estimate of drug-likeness (QED) is 0.226. The van der Waals surface area contributed by atoms with Crippen molar-refractivity contribution in [2.24, 2.45) is 5.41 Å². The van der Waals surface area contributed by atoms with Crippen LogP contribution >= 0.6 is 0 Å². The summed E-state index contributed by atoms with van der Waals surface area (Å²) in [5, 5.41) is 0. The number of esters is 1. The lowest BCUT2D eigenvalue weighted by Crippen LogP contribution is -2.46. The van der Waals surface area contributed by atoms with E-state index in [1.807, 2.05) is 52.0 Å². The number of hydrogen-bond donors (Lipinski definition) is 0. The van der Waals surface area contributed by atoms with E-state index in [0.29, 0.717) is 23.9 Å². The predicted octanol–water partition coefficient (Wildman–Crippen LogP) is 6.47. The van der Waals surface area contributed by atoms with Gasteiger partial charge in [-0.15, -0.1) is 0 Å². The van der Waals surface area contributed by atoms with E-state index < -0.39 is 17.4 Å². The number of fused-ring (bicyclic) bond motifs is 1. The molecule has 1 fully saturated rings. The van der Waals surface area contributed by atoms with Crippen LogP contribution in [0.4, 0.5) is 5.69 Å². The minimum atomic E-state index is -0.717. The van der Waals surface area contributed by atoms with E-state index in [1.54, 1.807) is 0 Å².